The molecule has 1 aliphatic rings. The SMILES string of the molecule is COCCC(CC(=O)O)c1ccc(C)c(CN2C[C@@H](C)Oc3ccccc3S2(=O)=O)c1. The summed E-state index contributed by atoms with van der Waals surface area (Å²) in [6.45, 7) is 4.64. The second kappa shape index (κ2) is 9.80. The highest BCUT2D eigenvalue weighted by Gasteiger charge is 2.33. The van der Waals surface area contributed by atoms with Gasteiger partial charge < -0.3 is 14.6 Å². The molecular weight excluding hydrogens is 418 g/mol. The molecule has 7 nitrogen and oxygen atoms in total. The molecule has 168 valence electrons. The van der Waals surface area contributed by atoms with E-state index in [2.05, 4.69) is 0 Å². The molecular formula is C23H29NO6S. The van der Waals surface area contributed by atoms with Gasteiger partial charge in [-0.25, -0.2) is 8.42 Å². The van der Waals surface area contributed by atoms with Gasteiger partial charge in [-0.15, -0.1) is 0 Å². The van der Waals surface area contributed by atoms with Crippen LogP contribution in [0.5, 0.6) is 5.75 Å². The fourth-order valence-corrected chi connectivity index (χ4v) is 5.47. The van der Waals surface area contributed by atoms with Crippen LogP contribution in [0.15, 0.2) is 47.4 Å². The molecule has 3 rings (SSSR count). The molecule has 0 amide bonds. The summed E-state index contributed by atoms with van der Waals surface area (Å²) in [7, 11) is -2.15. The van der Waals surface area contributed by atoms with Crippen LogP contribution in [0.1, 0.15) is 42.4 Å². The molecule has 0 fully saturated rings. The smallest absolute Gasteiger partial charge is 0.303 e. The summed E-state index contributed by atoms with van der Waals surface area (Å²) in [5, 5.41) is 9.31. The second-order valence-corrected chi connectivity index (χ2v) is 9.84. The van der Waals surface area contributed by atoms with Crippen LogP contribution < -0.4 is 4.74 Å². The quantitative estimate of drug-likeness (QED) is 0.665. The lowest BCUT2D eigenvalue weighted by Crippen LogP contribution is -2.35. The van der Waals surface area contributed by atoms with Crippen molar-refractivity contribution in [3.8, 4) is 5.75 Å². The average molecular weight is 448 g/mol. The van der Waals surface area contributed by atoms with Crippen molar-refractivity contribution >= 4 is 16.0 Å². The van der Waals surface area contributed by atoms with Gasteiger partial charge in [0.15, 0.2) is 0 Å². The van der Waals surface area contributed by atoms with E-state index in [0.29, 0.717) is 18.8 Å². The topological polar surface area (TPSA) is 93.1 Å². The van der Waals surface area contributed by atoms with Gasteiger partial charge in [-0.1, -0.05) is 30.3 Å². The van der Waals surface area contributed by atoms with Crippen LogP contribution in [0.3, 0.4) is 0 Å². The summed E-state index contributed by atoms with van der Waals surface area (Å²) in [4.78, 5) is 11.5. The maximum Gasteiger partial charge on any atom is 0.303 e. The molecule has 0 bridgehead atoms. The van der Waals surface area contributed by atoms with E-state index in [1.807, 2.05) is 32.0 Å². The van der Waals surface area contributed by atoms with E-state index in [4.69, 9.17) is 9.47 Å². The van der Waals surface area contributed by atoms with Crippen LogP contribution in [0.25, 0.3) is 0 Å². The molecule has 1 aliphatic heterocycles. The number of methoxy groups -OCH3 is 1. The van der Waals surface area contributed by atoms with E-state index in [9.17, 15) is 18.3 Å². The van der Waals surface area contributed by atoms with Crippen LogP contribution >= 0.6 is 0 Å². The molecule has 2 aromatic rings. The molecule has 1 N–H and O–H groups in total. The first kappa shape index (κ1) is 23.2. The van der Waals surface area contributed by atoms with E-state index in [1.54, 1.807) is 31.4 Å². The second-order valence-electron chi connectivity index (χ2n) is 7.93. The Balaban J connectivity index is 1.94. The predicted molar refractivity (Wildman–Crippen MR) is 117 cm³/mol. The minimum Gasteiger partial charge on any atom is -0.488 e. The number of hydrogen-bond acceptors (Lipinski definition) is 5. The number of aliphatic carboxylic acids is 1. The average Bonchev–Trinajstić information content (AvgIpc) is 2.80. The van der Waals surface area contributed by atoms with Crippen molar-refractivity contribution in [1.29, 1.82) is 0 Å². The van der Waals surface area contributed by atoms with Crippen LogP contribution in [0.4, 0.5) is 0 Å². The van der Waals surface area contributed by atoms with Crippen LogP contribution in [0.2, 0.25) is 0 Å². The Kier molecular flexibility index (Phi) is 7.35. The first-order chi connectivity index (χ1) is 14.7. The normalized spacial score (nSPS) is 19.1. The maximum absolute atomic E-state index is 13.3. The largest absolute Gasteiger partial charge is 0.488 e. The molecule has 1 heterocycles. The number of hydrogen-bond donors (Lipinski definition) is 1. The third kappa shape index (κ3) is 5.44. The zero-order chi connectivity index (χ0) is 22.6. The van der Waals surface area contributed by atoms with Gasteiger partial charge in [0, 0.05) is 20.3 Å². The van der Waals surface area contributed by atoms with Gasteiger partial charge >= 0.3 is 5.97 Å². The van der Waals surface area contributed by atoms with Gasteiger partial charge in [-0.2, -0.15) is 4.31 Å². The predicted octanol–water partition coefficient (Wildman–Crippen LogP) is 3.56. The van der Waals surface area contributed by atoms with Crippen molar-refractivity contribution in [1.82, 2.24) is 4.31 Å². The van der Waals surface area contributed by atoms with Crippen molar-refractivity contribution in [2.24, 2.45) is 0 Å². The summed E-state index contributed by atoms with van der Waals surface area (Å²) in [6, 6.07) is 12.4. The van der Waals surface area contributed by atoms with Crippen molar-refractivity contribution < 1.29 is 27.8 Å². The van der Waals surface area contributed by atoms with Gasteiger partial charge in [0.05, 0.1) is 13.0 Å². The first-order valence-electron chi connectivity index (χ1n) is 10.3. The van der Waals surface area contributed by atoms with E-state index in [1.165, 1.54) is 4.31 Å². The number of nitrogens with zero attached hydrogens (tertiary/aromatic N) is 1. The van der Waals surface area contributed by atoms with Crippen LogP contribution in [-0.4, -0.2) is 50.2 Å². The molecule has 0 aromatic heterocycles. The van der Waals surface area contributed by atoms with Gasteiger partial charge in [0.2, 0.25) is 10.0 Å². The summed E-state index contributed by atoms with van der Waals surface area (Å²) >= 11 is 0. The highest BCUT2D eigenvalue weighted by Crippen LogP contribution is 2.33. The number of carboxylic acid groups (broad SMARTS) is 1. The van der Waals surface area contributed by atoms with E-state index in [0.717, 1.165) is 16.7 Å². The highest BCUT2D eigenvalue weighted by atomic mass is 32.2. The summed E-state index contributed by atoms with van der Waals surface area (Å²) in [6.07, 6.45) is 0.265. The Morgan fingerprint density at radius 2 is 2.03 bits per heavy atom. The highest BCUT2D eigenvalue weighted by molar-refractivity contribution is 7.89. The molecule has 31 heavy (non-hydrogen) atoms. The van der Waals surface area contributed by atoms with Gasteiger partial charge in [-0.05, 0) is 55.0 Å². The minimum absolute atomic E-state index is 0.00781. The third-order valence-corrected chi connectivity index (χ3v) is 7.39. The van der Waals surface area contributed by atoms with Crippen molar-refractivity contribution in [3.63, 3.8) is 0 Å². The maximum atomic E-state index is 13.3. The van der Waals surface area contributed by atoms with Gasteiger partial charge in [0.1, 0.15) is 16.7 Å². The molecule has 2 aromatic carbocycles. The summed E-state index contributed by atoms with van der Waals surface area (Å²) in [5.74, 6) is -0.717. The zero-order valence-corrected chi connectivity index (χ0v) is 18.9. The monoisotopic (exact) mass is 447 g/mol. The van der Waals surface area contributed by atoms with Crippen molar-refractivity contribution in [3.05, 3.63) is 59.2 Å². The number of benzene rings is 2. The number of rotatable bonds is 8. The molecule has 1 unspecified atom stereocenters. The number of aryl methyl sites for hydroxylation is 1. The molecule has 2 atom stereocenters. The molecule has 0 saturated heterocycles. The summed E-state index contributed by atoms with van der Waals surface area (Å²) in [5.41, 5.74) is 2.67. The molecule has 0 saturated carbocycles. The summed E-state index contributed by atoms with van der Waals surface area (Å²) < 4.78 is 39.1. The van der Waals surface area contributed by atoms with Crippen LogP contribution in [0, 0.1) is 6.92 Å². The lowest BCUT2D eigenvalue weighted by molar-refractivity contribution is -0.137. The fourth-order valence-electron chi connectivity index (χ4n) is 3.85. The van der Waals surface area contributed by atoms with E-state index < -0.39 is 16.0 Å². The lowest BCUT2D eigenvalue weighted by Gasteiger charge is -2.23. The number of sulfonamides is 1. The van der Waals surface area contributed by atoms with Gasteiger partial charge in [0.25, 0.3) is 0 Å². The number of fused-ring (bicyclic) bond motifs is 1. The Bertz CT molecular complexity index is 1040. The fraction of sp³-hybridized carbons (Fsp3) is 0.435. The van der Waals surface area contributed by atoms with Crippen molar-refractivity contribution in [2.75, 3.05) is 20.3 Å². The van der Waals surface area contributed by atoms with Gasteiger partial charge in [-0.3, -0.25) is 4.79 Å². The number of para-hydroxylation sites is 1. The Morgan fingerprint density at radius 1 is 1.29 bits per heavy atom. The van der Waals surface area contributed by atoms with E-state index >= 15 is 0 Å². The van der Waals surface area contributed by atoms with Crippen molar-refractivity contribution in [2.45, 2.75) is 50.2 Å². The molecule has 0 spiro atoms. The first-order valence-corrected chi connectivity index (χ1v) is 11.7. The zero-order valence-electron chi connectivity index (χ0n) is 18.1. The van der Waals surface area contributed by atoms with Crippen LogP contribution in [-0.2, 0) is 26.1 Å². The standard InChI is InChI=1S/C23H29NO6S/c1-16-8-9-18(19(10-11-29-3)13-23(25)26)12-20(16)15-24-14-17(2)30-21-6-4-5-7-22(21)31(24,27)28/h4-9,12,17,19H,10-11,13-15H2,1-3H3,(H,25,26)/t17-,19?/m1/s1. The Morgan fingerprint density at radius 3 is 2.74 bits per heavy atom. The molecule has 0 aliphatic carbocycles. The number of ether oxygens (including phenoxy) is 2. The van der Waals surface area contributed by atoms with E-state index in [-0.39, 0.29) is 36.4 Å². The molecule has 8 heteroatoms. The minimum atomic E-state index is -3.74. The third-order valence-electron chi connectivity index (χ3n) is 5.54. The number of carboxylic acids is 1. The lowest BCUT2D eigenvalue weighted by atomic mass is 9.90. The number of carbonyl (C=O) groups is 1. The Hall–Kier alpha value is -2.42. The Labute approximate surface area is 183 Å². The molecule has 0 radical (unpaired) electrons.